The van der Waals surface area contributed by atoms with E-state index in [0.29, 0.717) is 5.56 Å². The predicted molar refractivity (Wildman–Crippen MR) is 105 cm³/mol. The number of ketones is 1. The van der Waals surface area contributed by atoms with Crippen LogP contribution in [-0.4, -0.2) is 26.7 Å². The van der Waals surface area contributed by atoms with Crippen molar-refractivity contribution in [2.75, 3.05) is 0 Å². The average molecular weight is 388 g/mol. The Hall–Kier alpha value is -3.80. The molecule has 2 heterocycles. The molecular weight excluding hydrogens is 371 g/mol. The van der Waals surface area contributed by atoms with E-state index in [1.165, 1.54) is 29.2 Å². The number of likely N-dealkylation sites (tertiary alicyclic amines) is 1. The zero-order valence-corrected chi connectivity index (χ0v) is 15.3. The number of carbonyl (C=O) groups excluding carboxylic acids is 2. The molecule has 1 atom stereocenters. The minimum Gasteiger partial charge on any atom is -0.507 e. The van der Waals surface area contributed by atoms with Crippen molar-refractivity contribution >= 4 is 17.4 Å². The lowest BCUT2D eigenvalue weighted by atomic mass is 9.95. The molecule has 5 nitrogen and oxygen atoms in total. The highest BCUT2D eigenvalue weighted by Gasteiger charge is 2.46. The number of benzene rings is 2. The number of aliphatic hydroxyl groups excluding tert-OH is 1. The van der Waals surface area contributed by atoms with Gasteiger partial charge < -0.3 is 10.0 Å². The quantitative estimate of drug-likeness (QED) is 0.419. The second-order valence-corrected chi connectivity index (χ2v) is 6.71. The lowest BCUT2D eigenvalue weighted by Gasteiger charge is -2.25. The third-order valence-electron chi connectivity index (χ3n) is 4.85. The largest absolute Gasteiger partial charge is 0.507 e. The van der Waals surface area contributed by atoms with E-state index in [2.05, 4.69) is 4.98 Å². The number of nitrogens with zero attached hydrogens (tertiary/aromatic N) is 2. The first-order valence-electron chi connectivity index (χ1n) is 9.04. The number of Topliss-reactive ketones (excluding diaryl/α,β-unsaturated/α-hetero) is 1. The summed E-state index contributed by atoms with van der Waals surface area (Å²) in [5, 5.41) is 10.9. The Morgan fingerprint density at radius 2 is 1.72 bits per heavy atom. The van der Waals surface area contributed by atoms with E-state index < -0.39 is 23.5 Å². The number of hydrogen-bond donors (Lipinski definition) is 1. The van der Waals surface area contributed by atoms with Crippen LogP contribution in [0.25, 0.3) is 5.76 Å². The Morgan fingerprint density at radius 3 is 2.38 bits per heavy atom. The molecule has 1 aliphatic rings. The van der Waals surface area contributed by atoms with E-state index in [1.54, 1.807) is 42.7 Å². The monoisotopic (exact) mass is 388 g/mol. The first-order valence-corrected chi connectivity index (χ1v) is 9.04. The lowest BCUT2D eigenvalue weighted by molar-refractivity contribution is -0.140. The Balaban J connectivity index is 1.85. The molecule has 29 heavy (non-hydrogen) atoms. The van der Waals surface area contributed by atoms with E-state index >= 15 is 0 Å². The van der Waals surface area contributed by atoms with Gasteiger partial charge in [-0.15, -0.1) is 0 Å². The van der Waals surface area contributed by atoms with Crippen molar-refractivity contribution in [1.82, 2.24) is 9.88 Å². The molecule has 0 saturated carbocycles. The van der Waals surface area contributed by atoms with Gasteiger partial charge in [0.2, 0.25) is 0 Å². The van der Waals surface area contributed by atoms with Gasteiger partial charge in [-0.05, 0) is 41.5 Å². The SMILES string of the molecule is O=C1C(=O)N(Cc2cccnc2)C(c2ccccc2)/C1=C(/O)c1ccc(F)cc1. The van der Waals surface area contributed by atoms with Crippen LogP contribution in [-0.2, 0) is 16.1 Å². The number of halogens is 1. The maximum Gasteiger partial charge on any atom is 0.295 e. The molecule has 1 amide bonds. The lowest BCUT2D eigenvalue weighted by Crippen LogP contribution is -2.29. The maximum atomic E-state index is 13.3. The Morgan fingerprint density at radius 1 is 1.00 bits per heavy atom. The molecule has 1 saturated heterocycles. The highest BCUT2D eigenvalue weighted by atomic mass is 19.1. The topological polar surface area (TPSA) is 70.5 Å². The Bertz CT molecular complexity index is 1080. The van der Waals surface area contributed by atoms with Gasteiger partial charge in [0.05, 0.1) is 11.6 Å². The van der Waals surface area contributed by atoms with Crippen molar-refractivity contribution < 1.29 is 19.1 Å². The van der Waals surface area contributed by atoms with Crippen molar-refractivity contribution in [1.29, 1.82) is 0 Å². The summed E-state index contributed by atoms with van der Waals surface area (Å²) in [6.07, 6.45) is 3.25. The molecule has 1 aliphatic heterocycles. The van der Waals surface area contributed by atoms with Gasteiger partial charge in [-0.25, -0.2) is 4.39 Å². The number of aromatic nitrogens is 1. The van der Waals surface area contributed by atoms with Gasteiger partial charge in [-0.3, -0.25) is 14.6 Å². The van der Waals surface area contributed by atoms with Crippen LogP contribution in [0.1, 0.15) is 22.7 Å². The van der Waals surface area contributed by atoms with E-state index in [1.807, 2.05) is 12.1 Å². The van der Waals surface area contributed by atoms with Crippen LogP contribution in [0.2, 0.25) is 0 Å². The fourth-order valence-electron chi connectivity index (χ4n) is 3.48. The summed E-state index contributed by atoms with van der Waals surface area (Å²) >= 11 is 0. The molecule has 0 radical (unpaired) electrons. The van der Waals surface area contributed by atoms with Crippen molar-refractivity contribution in [2.45, 2.75) is 12.6 Å². The number of rotatable bonds is 4. The van der Waals surface area contributed by atoms with Crippen LogP contribution in [0.15, 0.2) is 84.7 Å². The van der Waals surface area contributed by atoms with E-state index in [9.17, 15) is 19.1 Å². The first-order chi connectivity index (χ1) is 14.1. The molecule has 3 aromatic rings. The highest BCUT2D eigenvalue weighted by molar-refractivity contribution is 6.46. The van der Waals surface area contributed by atoms with E-state index in [4.69, 9.17) is 0 Å². The van der Waals surface area contributed by atoms with Crippen LogP contribution in [0.5, 0.6) is 0 Å². The molecule has 1 N–H and O–H groups in total. The van der Waals surface area contributed by atoms with Gasteiger partial charge in [-0.2, -0.15) is 0 Å². The third-order valence-corrected chi connectivity index (χ3v) is 4.85. The average Bonchev–Trinajstić information content (AvgIpc) is 3.00. The van der Waals surface area contributed by atoms with Gasteiger partial charge in [-0.1, -0.05) is 36.4 Å². The second kappa shape index (κ2) is 7.67. The maximum absolute atomic E-state index is 13.3. The van der Waals surface area contributed by atoms with Crippen LogP contribution < -0.4 is 0 Å². The molecule has 2 aromatic carbocycles. The van der Waals surface area contributed by atoms with Crippen LogP contribution >= 0.6 is 0 Å². The summed E-state index contributed by atoms with van der Waals surface area (Å²) in [6, 6.07) is 17.0. The molecule has 0 bridgehead atoms. The number of pyridine rings is 1. The summed E-state index contributed by atoms with van der Waals surface area (Å²) in [4.78, 5) is 31.2. The molecule has 1 unspecified atom stereocenters. The fraction of sp³-hybridized carbons (Fsp3) is 0.0870. The van der Waals surface area contributed by atoms with E-state index in [-0.39, 0.29) is 23.4 Å². The molecule has 4 rings (SSSR count). The number of aliphatic hydroxyl groups is 1. The van der Waals surface area contributed by atoms with Gasteiger partial charge in [0, 0.05) is 24.5 Å². The minimum atomic E-state index is -0.774. The summed E-state index contributed by atoms with van der Waals surface area (Å²) in [5.74, 6) is -2.26. The number of carbonyl (C=O) groups is 2. The van der Waals surface area contributed by atoms with Crippen molar-refractivity contribution in [2.24, 2.45) is 0 Å². The summed E-state index contributed by atoms with van der Waals surface area (Å²) in [7, 11) is 0. The van der Waals surface area contributed by atoms with Crippen LogP contribution in [0, 0.1) is 5.82 Å². The van der Waals surface area contributed by atoms with Gasteiger partial charge in [0.1, 0.15) is 11.6 Å². The third kappa shape index (κ3) is 3.52. The molecule has 6 heteroatoms. The van der Waals surface area contributed by atoms with Crippen molar-refractivity contribution in [3.8, 4) is 0 Å². The zero-order chi connectivity index (χ0) is 20.4. The van der Waals surface area contributed by atoms with Crippen LogP contribution in [0.4, 0.5) is 4.39 Å². The normalized spacial score (nSPS) is 18.2. The fourth-order valence-corrected chi connectivity index (χ4v) is 3.48. The number of amides is 1. The van der Waals surface area contributed by atoms with E-state index in [0.717, 1.165) is 5.56 Å². The van der Waals surface area contributed by atoms with Gasteiger partial charge >= 0.3 is 0 Å². The Kier molecular flexibility index (Phi) is 4.91. The zero-order valence-electron chi connectivity index (χ0n) is 15.3. The van der Waals surface area contributed by atoms with Gasteiger partial charge in [0.25, 0.3) is 11.7 Å². The van der Waals surface area contributed by atoms with Crippen LogP contribution in [0.3, 0.4) is 0 Å². The van der Waals surface area contributed by atoms with Crippen molar-refractivity contribution in [3.05, 3.63) is 107 Å². The smallest absolute Gasteiger partial charge is 0.295 e. The summed E-state index contributed by atoms with van der Waals surface area (Å²) < 4.78 is 13.3. The molecule has 144 valence electrons. The number of hydrogen-bond acceptors (Lipinski definition) is 4. The molecule has 0 aliphatic carbocycles. The molecule has 1 aromatic heterocycles. The Labute approximate surface area is 166 Å². The molecule has 1 fully saturated rings. The second-order valence-electron chi connectivity index (χ2n) is 6.71. The van der Waals surface area contributed by atoms with Gasteiger partial charge in [0.15, 0.2) is 0 Å². The summed E-state index contributed by atoms with van der Waals surface area (Å²) in [6.45, 7) is 0.165. The van der Waals surface area contributed by atoms with Crippen molar-refractivity contribution in [3.63, 3.8) is 0 Å². The molecule has 0 spiro atoms. The standard InChI is InChI=1S/C23H17FN2O3/c24-18-10-8-17(9-11-18)21(27)19-20(16-6-2-1-3-7-16)26(23(29)22(19)28)14-15-5-4-12-25-13-15/h1-13,20,27H,14H2/b21-19-. The predicted octanol–water partition coefficient (Wildman–Crippen LogP) is 3.84. The minimum absolute atomic E-state index is 0.0169. The first kappa shape index (κ1) is 18.6. The molecular formula is C23H17FN2O3. The highest BCUT2D eigenvalue weighted by Crippen LogP contribution is 2.40. The summed E-state index contributed by atoms with van der Waals surface area (Å²) in [5.41, 5.74) is 1.71.